The minimum Gasteiger partial charge on any atom is -0.300 e. The number of rotatable bonds is 4. The van der Waals surface area contributed by atoms with Crippen molar-refractivity contribution in [2.75, 3.05) is 13.1 Å². The SMILES string of the molecule is CC(C)N1CCC(=NNC(=O)c2cc(-c3ccc(C(C)(C)C)cc3)nc3ccccc23)CC1. The number of nitrogens with one attached hydrogen (secondary N) is 1. The summed E-state index contributed by atoms with van der Waals surface area (Å²) in [6, 6.07) is 18.7. The lowest BCUT2D eigenvalue weighted by atomic mass is 9.86. The van der Waals surface area contributed by atoms with Crippen LogP contribution in [0.15, 0.2) is 59.7 Å². The third kappa shape index (κ3) is 5.31. The van der Waals surface area contributed by atoms with Crippen LogP contribution in [0.3, 0.4) is 0 Å². The molecule has 4 rings (SSSR count). The average molecular weight is 443 g/mol. The summed E-state index contributed by atoms with van der Waals surface area (Å²) in [5, 5.41) is 5.30. The zero-order chi connectivity index (χ0) is 23.6. The summed E-state index contributed by atoms with van der Waals surface area (Å²) in [6.45, 7) is 13.0. The highest BCUT2D eigenvalue weighted by molar-refractivity contribution is 6.07. The molecule has 3 aromatic rings. The first kappa shape index (κ1) is 23.1. The van der Waals surface area contributed by atoms with E-state index < -0.39 is 0 Å². The molecule has 5 nitrogen and oxygen atoms in total. The minimum absolute atomic E-state index is 0.0882. The molecular weight excluding hydrogens is 408 g/mol. The van der Waals surface area contributed by atoms with Crippen LogP contribution in [0.4, 0.5) is 0 Å². The lowest BCUT2D eigenvalue weighted by Crippen LogP contribution is -2.39. The van der Waals surface area contributed by atoms with Crippen LogP contribution in [0.25, 0.3) is 22.2 Å². The summed E-state index contributed by atoms with van der Waals surface area (Å²) in [5.41, 5.74) is 8.41. The number of carbonyl (C=O) groups is 1. The number of hydrazone groups is 1. The van der Waals surface area contributed by atoms with Crippen molar-refractivity contribution in [2.24, 2.45) is 5.10 Å². The Morgan fingerprint density at radius 2 is 1.70 bits per heavy atom. The first-order valence-corrected chi connectivity index (χ1v) is 11.8. The predicted molar refractivity (Wildman–Crippen MR) is 137 cm³/mol. The van der Waals surface area contributed by atoms with Crippen LogP contribution in [-0.4, -0.2) is 40.6 Å². The van der Waals surface area contributed by atoms with Crippen LogP contribution >= 0.6 is 0 Å². The van der Waals surface area contributed by atoms with Gasteiger partial charge in [-0.05, 0) is 37.0 Å². The second-order valence-corrected chi connectivity index (χ2v) is 10.1. The highest BCUT2D eigenvalue weighted by Crippen LogP contribution is 2.28. The predicted octanol–water partition coefficient (Wildman–Crippen LogP) is 5.79. The summed E-state index contributed by atoms with van der Waals surface area (Å²) in [7, 11) is 0. The van der Waals surface area contributed by atoms with Gasteiger partial charge < -0.3 is 4.90 Å². The molecule has 0 aliphatic carbocycles. The molecule has 172 valence electrons. The molecule has 1 aromatic heterocycles. The Bertz CT molecular complexity index is 1160. The number of hydrogen-bond acceptors (Lipinski definition) is 4. The van der Waals surface area contributed by atoms with Gasteiger partial charge in [-0.2, -0.15) is 5.10 Å². The average Bonchev–Trinajstić information content (AvgIpc) is 2.81. The van der Waals surface area contributed by atoms with Crippen molar-refractivity contribution in [1.29, 1.82) is 0 Å². The summed E-state index contributed by atoms with van der Waals surface area (Å²) < 4.78 is 0. The van der Waals surface area contributed by atoms with Gasteiger partial charge in [-0.25, -0.2) is 10.4 Å². The molecule has 1 aliphatic heterocycles. The lowest BCUT2D eigenvalue weighted by Gasteiger charge is -2.30. The largest absolute Gasteiger partial charge is 0.300 e. The molecule has 1 aliphatic rings. The van der Waals surface area contributed by atoms with E-state index in [9.17, 15) is 4.79 Å². The van der Waals surface area contributed by atoms with Crippen LogP contribution < -0.4 is 5.43 Å². The second kappa shape index (κ2) is 9.44. The normalized spacial score (nSPS) is 15.2. The topological polar surface area (TPSA) is 57.6 Å². The van der Waals surface area contributed by atoms with E-state index in [-0.39, 0.29) is 11.3 Å². The highest BCUT2D eigenvalue weighted by atomic mass is 16.2. The number of pyridine rings is 1. The van der Waals surface area contributed by atoms with Gasteiger partial charge in [0.1, 0.15) is 0 Å². The molecule has 0 saturated carbocycles. The number of amides is 1. The van der Waals surface area contributed by atoms with Gasteiger partial charge in [-0.15, -0.1) is 0 Å². The third-order valence-electron chi connectivity index (χ3n) is 6.43. The number of para-hydroxylation sites is 1. The van der Waals surface area contributed by atoms with Crippen LogP contribution in [0.1, 0.15) is 63.4 Å². The third-order valence-corrected chi connectivity index (χ3v) is 6.43. The molecule has 2 aromatic carbocycles. The number of piperidine rings is 1. The Labute approximate surface area is 196 Å². The fourth-order valence-corrected chi connectivity index (χ4v) is 4.25. The number of hydrogen-bond donors (Lipinski definition) is 1. The molecule has 1 fully saturated rings. The molecule has 33 heavy (non-hydrogen) atoms. The molecular formula is C28H34N4O. The van der Waals surface area contributed by atoms with Crippen LogP contribution in [-0.2, 0) is 5.41 Å². The zero-order valence-corrected chi connectivity index (χ0v) is 20.4. The van der Waals surface area contributed by atoms with E-state index in [1.165, 1.54) is 5.56 Å². The van der Waals surface area contributed by atoms with E-state index in [1.54, 1.807) is 0 Å². The number of nitrogens with zero attached hydrogens (tertiary/aromatic N) is 3. The van der Waals surface area contributed by atoms with Crippen LogP contribution in [0, 0.1) is 0 Å². The van der Waals surface area contributed by atoms with E-state index in [0.717, 1.165) is 53.8 Å². The van der Waals surface area contributed by atoms with E-state index in [4.69, 9.17) is 4.98 Å². The Morgan fingerprint density at radius 3 is 2.33 bits per heavy atom. The Morgan fingerprint density at radius 1 is 1.03 bits per heavy atom. The number of carbonyl (C=O) groups excluding carboxylic acids is 1. The monoisotopic (exact) mass is 442 g/mol. The fourth-order valence-electron chi connectivity index (χ4n) is 4.25. The maximum absolute atomic E-state index is 13.2. The summed E-state index contributed by atoms with van der Waals surface area (Å²) >= 11 is 0. The molecule has 0 bridgehead atoms. The van der Waals surface area contributed by atoms with Crippen LogP contribution in [0.5, 0.6) is 0 Å². The first-order chi connectivity index (χ1) is 15.7. The minimum atomic E-state index is -0.194. The number of likely N-dealkylation sites (tertiary alicyclic amines) is 1. The van der Waals surface area contributed by atoms with Gasteiger partial charge in [0.25, 0.3) is 5.91 Å². The smallest absolute Gasteiger partial charge is 0.272 e. The molecule has 1 amide bonds. The van der Waals surface area contributed by atoms with E-state index in [1.807, 2.05) is 30.3 Å². The Hall–Kier alpha value is -3.05. The second-order valence-electron chi connectivity index (χ2n) is 10.1. The number of benzene rings is 2. The molecule has 0 radical (unpaired) electrons. The molecule has 0 spiro atoms. The molecule has 0 atom stereocenters. The Kier molecular flexibility index (Phi) is 6.61. The highest BCUT2D eigenvalue weighted by Gasteiger charge is 2.19. The van der Waals surface area contributed by atoms with Gasteiger partial charge in [0.15, 0.2) is 0 Å². The molecule has 5 heteroatoms. The molecule has 2 heterocycles. The van der Waals surface area contributed by atoms with Crippen molar-refractivity contribution in [3.63, 3.8) is 0 Å². The van der Waals surface area contributed by atoms with Crippen molar-refractivity contribution in [1.82, 2.24) is 15.3 Å². The van der Waals surface area contributed by atoms with Gasteiger partial charge in [-0.3, -0.25) is 4.79 Å². The summed E-state index contributed by atoms with van der Waals surface area (Å²) in [4.78, 5) is 20.5. The summed E-state index contributed by atoms with van der Waals surface area (Å²) in [6.07, 6.45) is 1.78. The number of aromatic nitrogens is 1. The van der Waals surface area contributed by atoms with Gasteiger partial charge in [0.05, 0.1) is 16.8 Å². The molecule has 0 unspecified atom stereocenters. The van der Waals surface area contributed by atoms with Crippen molar-refractivity contribution < 1.29 is 4.79 Å². The van der Waals surface area contributed by atoms with Crippen LogP contribution in [0.2, 0.25) is 0 Å². The molecule has 1 N–H and O–H groups in total. The van der Waals surface area contributed by atoms with Crippen molar-refractivity contribution in [3.8, 4) is 11.3 Å². The van der Waals surface area contributed by atoms with Gasteiger partial charge in [-0.1, -0.05) is 63.2 Å². The van der Waals surface area contributed by atoms with Crippen molar-refractivity contribution in [2.45, 2.75) is 58.9 Å². The zero-order valence-electron chi connectivity index (χ0n) is 20.4. The molecule has 1 saturated heterocycles. The number of fused-ring (bicyclic) bond motifs is 1. The van der Waals surface area contributed by atoms with E-state index >= 15 is 0 Å². The Balaban J connectivity index is 1.61. The van der Waals surface area contributed by atoms with Gasteiger partial charge in [0, 0.05) is 48.6 Å². The summed E-state index contributed by atoms with van der Waals surface area (Å²) in [5.74, 6) is -0.194. The van der Waals surface area contributed by atoms with E-state index in [0.29, 0.717) is 11.6 Å². The van der Waals surface area contributed by atoms with Gasteiger partial charge in [0.2, 0.25) is 0 Å². The van der Waals surface area contributed by atoms with Crippen molar-refractivity contribution in [3.05, 3.63) is 65.7 Å². The standard InChI is InChI=1S/C28H34N4O/c1-19(2)32-16-14-22(15-17-32)30-31-27(33)24-18-26(29-25-9-7-6-8-23(24)25)20-10-12-21(13-11-20)28(3,4)5/h6-13,18-19H,14-17H2,1-5H3,(H,31,33). The maximum atomic E-state index is 13.2. The van der Waals surface area contributed by atoms with Crippen molar-refractivity contribution >= 4 is 22.5 Å². The first-order valence-electron chi connectivity index (χ1n) is 11.8. The lowest BCUT2D eigenvalue weighted by molar-refractivity contribution is 0.0956. The van der Waals surface area contributed by atoms with E-state index in [2.05, 4.69) is 74.3 Å². The maximum Gasteiger partial charge on any atom is 0.272 e. The van der Waals surface area contributed by atoms with Gasteiger partial charge >= 0.3 is 0 Å². The fraction of sp³-hybridized carbons (Fsp3) is 0.393. The quantitative estimate of drug-likeness (QED) is 0.520.